The lowest BCUT2D eigenvalue weighted by Gasteiger charge is -2.08. The van der Waals surface area contributed by atoms with E-state index in [2.05, 4.69) is 10.3 Å². The lowest BCUT2D eigenvalue weighted by atomic mass is 10.2. The van der Waals surface area contributed by atoms with Crippen molar-refractivity contribution in [1.29, 1.82) is 0 Å². The molecule has 1 heterocycles. The molecular weight excluding hydrogens is 253 g/mol. The molecule has 6 nitrogen and oxygen atoms in total. The highest BCUT2D eigenvalue weighted by molar-refractivity contribution is 5.73. The zero-order valence-electron chi connectivity index (χ0n) is 10.5. The number of hydrogen-bond acceptors (Lipinski definition) is 5. The maximum atomic E-state index is 13.8. The molecule has 2 rings (SSSR count). The highest BCUT2D eigenvalue weighted by Gasteiger charge is 2.11. The van der Waals surface area contributed by atoms with E-state index >= 15 is 0 Å². The quantitative estimate of drug-likeness (QED) is 0.605. The molecule has 0 atom stereocenters. The van der Waals surface area contributed by atoms with E-state index in [4.69, 9.17) is 9.47 Å². The summed E-state index contributed by atoms with van der Waals surface area (Å²) < 4.78 is 24.9. The molecule has 0 aliphatic rings. The minimum Gasteiger partial charge on any atom is -0.464 e. The van der Waals surface area contributed by atoms with Crippen molar-refractivity contribution in [1.82, 2.24) is 15.0 Å². The first kappa shape index (κ1) is 13.2. The van der Waals surface area contributed by atoms with Crippen molar-refractivity contribution in [2.45, 2.75) is 6.92 Å². The van der Waals surface area contributed by atoms with Crippen LogP contribution in [0, 0.1) is 12.7 Å². The number of rotatable bonds is 5. The number of benzene rings is 1. The topological polar surface area (TPSA) is 66.2 Å². The van der Waals surface area contributed by atoms with Crippen molar-refractivity contribution in [3.8, 4) is 11.4 Å². The summed E-state index contributed by atoms with van der Waals surface area (Å²) in [5, 5.41) is 7.48. The number of aldehydes is 1. The molecule has 2 aromatic rings. The van der Waals surface area contributed by atoms with E-state index in [1.165, 1.54) is 23.9 Å². The van der Waals surface area contributed by atoms with Gasteiger partial charge in [-0.25, -0.2) is 9.07 Å². The molecule has 0 bridgehead atoms. The predicted molar refractivity (Wildman–Crippen MR) is 63.9 cm³/mol. The first-order valence-corrected chi connectivity index (χ1v) is 5.46. The number of methoxy groups -OCH3 is 1. The highest BCUT2D eigenvalue weighted by Crippen LogP contribution is 2.21. The maximum Gasteiger partial charge on any atom is 0.188 e. The molecule has 7 heteroatoms. The largest absolute Gasteiger partial charge is 0.464 e. The number of hydrogen-bond donors (Lipinski definition) is 0. The summed E-state index contributed by atoms with van der Waals surface area (Å²) in [6.45, 7) is 1.64. The van der Waals surface area contributed by atoms with Crippen LogP contribution < -0.4 is 4.74 Å². The monoisotopic (exact) mass is 265 g/mol. The van der Waals surface area contributed by atoms with Crippen molar-refractivity contribution in [2.24, 2.45) is 0 Å². The van der Waals surface area contributed by atoms with Gasteiger partial charge in [-0.05, 0) is 19.1 Å². The zero-order valence-corrected chi connectivity index (χ0v) is 10.5. The number of carbonyl (C=O) groups is 1. The van der Waals surface area contributed by atoms with Gasteiger partial charge in [0.1, 0.15) is 5.69 Å². The molecule has 1 aromatic heterocycles. The number of nitrogens with zero attached hydrogens (tertiary/aromatic N) is 3. The summed E-state index contributed by atoms with van der Waals surface area (Å²) in [6, 6.07) is 4.33. The van der Waals surface area contributed by atoms with Gasteiger partial charge in [-0.2, -0.15) is 0 Å². The minimum absolute atomic E-state index is 0.0338. The van der Waals surface area contributed by atoms with Crippen LogP contribution in [0.5, 0.6) is 5.75 Å². The van der Waals surface area contributed by atoms with Crippen molar-refractivity contribution in [3.63, 3.8) is 0 Å². The van der Waals surface area contributed by atoms with E-state index in [0.717, 1.165) is 0 Å². The van der Waals surface area contributed by atoms with Gasteiger partial charge in [0.2, 0.25) is 0 Å². The van der Waals surface area contributed by atoms with Gasteiger partial charge >= 0.3 is 0 Å². The van der Waals surface area contributed by atoms with Crippen LogP contribution >= 0.6 is 0 Å². The van der Waals surface area contributed by atoms with Gasteiger partial charge in [0.15, 0.2) is 24.6 Å². The Morgan fingerprint density at radius 3 is 2.84 bits per heavy atom. The highest BCUT2D eigenvalue weighted by atomic mass is 19.1. The fourth-order valence-corrected chi connectivity index (χ4v) is 1.56. The molecule has 0 N–H and O–H groups in total. The minimum atomic E-state index is -0.544. The third-order valence-corrected chi connectivity index (χ3v) is 2.53. The average molecular weight is 265 g/mol. The maximum absolute atomic E-state index is 13.8. The molecular formula is C12H12FN3O3. The molecule has 0 saturated heterocycles. The summed E-state index contributed by atoms with van der Waals surface area (Å²) in [4.78, 5) is 10.7. The van der Waals surface area contributed by atoms with Crippen molar-refractivity contribution in [3.05, 3.63) is 35.4 Å². The van der Waals surface area contributed by atoms with Gasteiger partial charge in [0.05, 0.1) is 11.4 Å². The summed E-state index contributed by atoms with van der Waals surface area (Å²) in [5.74, 6) is -0.462. The van der Waals surface area contributed by atoms with Crippen molar-refractivity contribution in [2.75, 3.05) is 13.9 Å². The second kappa shape index (κ2) is 5.57. The second-order valence-corrected chi connectivity index (χ2v) is 3.76. The van der Waals surface area contributed by atoms with Crippen LogP contribution in [0.25, 0.3) is 5.69 Å². The molecule has 0 saturated carbocycles. The van der Waals surface area contributed by atoms with Gasteiger partial charge in [0, 0.05) is 13.2 Å². The molecule has 0 fully saturated rings. The molecule has 100 valence electrons. The Bertz CT molecular complexity index is 598. The average Bonchev–Trinajstić information content (AvgIpc) is 2.78. The number of carbonyl (C=O) groups excluding carboxylic acids is 1. The molecule has 0 aliphatic carbocycles. The summed E-state index contributed by atoms with van der Waals surface area (Å²) in [5.41, 5.74) is 1.22. The molecule has 19 heavy (non-hydrogen) atoms. The lowest BCUT2D eigenvalue weighted by Crippen LogP contribution is -2.03. The fraction of sp³-hybridized carbons (Fsp3) is 0.250. The Morgan fingerprint density at radius 1 is 1.47 bits per heavy atom. The summed E-state index contributed by atoms with van der Waals surface area (Å²) >= 11 is 0. The molecule has 0 unspecified atom stereocenters. The third kappa shape index (κ3) is 2.60. The molecule has 1 aromatic carbocycles. The van der Waals surface area contributed by atoms with Crippen LogP contribution in [0.3, 0.4) is 0 Å². The summed E-state index contributed by atoms with van der Waals surface area (Å²) in [7, 11) is 1.45. The first-order valence-electron chi connectivity index (χ1n) is 5.46. The van der Waals surface area contributed by atoms with E-state index in [1.807, 2.05) is 0 Å². The van der Waals surface area contributed by atoms with Gasteiger partial charge in [-0.1, -0.05) is 5.21 Å². The van der Waals surface area contributed by atoms with Gasteiger partial charge in [-0.15, -0.1) is 5.10 Å². The summed E-state index contributed by atoms with van der Waals surface area (Å²) in [6.07, 6.45) is 0.602. The van der Waals surface area contributed by atoms with E-state index in [0.29, 0.717) is 17.7 Å². The SMILES string of the molecule is COCOc1ccc(-n2nnc(C=O)c2C)cc1F. The molecule has 0 amide bonds. The number of aromatic nitrogens is 3. The molecule has 0 spiro atoms. The first-order chi connectivity index (χ1) is 9.17. The van der Waals surface area contributed by atoms with E-state index < -0.39 is 5.82 Å². The Kier molecular flexibility index (Phi) is 3.86. The van der Waals surface area contributed by atoms with E-state index in [9.17, 15) is 9.18 Å². The predicted octanol–water partition coefficient (Wildman–Crippen LogP) is 1.51. The molecule has 0 radical (unpaired) electrons. The van der Waals surface area contributed by atoms with Crippen LogP contribution in [0.2, 0.25) is 0 Å². The van der Waals surface area contributed by atoms with Crippen molar-refractivity contribution >= 4 is 6.29 Å². The van der Waals surface area contributed by atoms with Crippen LogP contribution in [-0.2, 0) is 4.74 Å². The van der Waals surface area contributed by atoms with Crippen LogP contribution in [0.4, 0.5) is 4.39 Å². The zero-order chi connectivity index (χ0) is 13.8. The third-order valence-electron chi connectivity index (χ3n) is 2.53. The Balaban J connectivity index is 2.33. The van der Waals surface area contributed by atoms with E-state index in [-0.39, 0.29) is 18.2 Å². The number of halogens is 1. The van der Waals surface area contributed by atoms with Gasteiger partial charge < -0.3 is 9.47 Å². The van der Waals surface area contributed by atoms with Crippen molar-refractivity contribution < 1.29 is 18.7 Å². The lowest BCUT2D eigenvalue weighted by molar-refractivity contribution is 0.0483. The van der Waals surface area contributed by atoms with Gasteiger partial charge in [-0.3, -0.25) is 4.79 Å². The standard InChI is InChI=1S/C12H12FN3O3/c1-8-11(6-17)14-15-16(8)9-3-4-12(10(13)5-9)19-7-18-2/h3-6H,7H2,1-2H3. The van der Waals surface area contributed by atoms with Gasteiger partial charge in [0.25, 0.3) is 0 Å². The Labute approximate surface area is 108 Å². The second-order valence-electron chi connectivity index (χ2n) is 3.76. The molecule has 0 aliphatic heterocycles. The van der Waals surface area contributed by atoms with Crippen LogP contribution in [-0.4, -0.2) is 35.2 Å². The van der Waals surface area contributed by atoms with Crippen LogP contribution in [0.1, 0.15) is 16.2 Å². The normalized spacial score (nSPS) is 10.5. The Hall–Kier alpha value is -2.28. The van der Waals surface area contributed by atoms with Crippen LogP contribution in [0.15, 0.2) is 18.2 Å². The Morgan fingerprint density at radius 2 is 2.26 bits per heavy atom. The van der Waals surface area contributed by atoms with E-state index in [1.54, 1.807) is 13.0 Å². The smallest absolute Gasteiger partial charge is 0.188 e. The fourth-order valence-electron chi connectivity index (χ4n) is 1.56. The number of ether oxygens (including phenoxy) is 2.